The van der Waals surface area contributed by atoms with Gasteiger partial charge in [0.2, 0.25) is 15.9 Å². The van der Waals surface area contributed by atoms with Gasteiger partial charge in [-0.1, -0.05) is 24.6 Å². The van der Waals surface area contributed by atoms with Crippen molar-refractivity contribution in [3.8, 4) is 0 Å². The van der Waals surface area contributed by atoms with Crippen LogP contribution in [0.2, 0.25) is 0 Å². The quantitative estimate of drug-likeness (QED) is 0.676. The van der Waals surface area contributed by atoms with E-state index in [1.807, 2.05) is 36.7 Å². The van der Waals surface area contributed by atoms with E-state index in [9.17, 15) is 13.2 Å². The second-order valence-electron chi connectivity index (χ2n) is 6.26. The van der Waals surface area contributed by atoms with Gasteiger partial charge in [-0.15, -0.1) is 0 Å². The Hall–Kier alpha value is -2.35. The largest absolute Gasteiger partial charge is 0.354 e. The maximum Gasteiger partial charge on any atom is 0.243 e. The molecule has 0 saturated carbocycles. The predicted octanol–water partition coefficient (Wildman–Crippen LogP) is 1.94. The van der Waals surface area contributed by atoms with Crippen LogP contribution in [0.15, 0.2) is 43.0 Å². The highest BCUT2D eigenvalue weighted by molar-refractivity contribution is 7.92. The lowest BCUT2D eigenvalue weighted by molar-refractivity contribution is -0.122. The molecular formula is C18H26N4O3S. The number of rotatable bonds is 9. The number of nitrogens with zero attached hydrogens (tertiary/aromatic N) is 3. The number of aromatic nitrogens is 2. The SMILES string of the molecule is CC[C@H](C(=O)NCCCn1ccnc1)N(c1ccc(C)cc1)S(C)(=O)=O. The first-order valence-electron chi connectivity index (χ1n) is 8.62. The second-order valence-corrected chi connectivity index (χ2v) is 8.12. The normalized spacial score (nSPS) is 12.6. The molecule has 2 aromatic rings. The Kier molecular flexibility index (Phi) is 6.79. The average Bonchev–Trinajstić information content (AvgIpc) is 3.10. The van der Waals surface area contributed by atoms with Crippen molar-refractivity contribution in [2.45, 2.75) is 39.3 Å². The van der Waals surface area contributed by atoms with Gasteiger partial charge in [0.25, 0.3) is 0 Å². The van der Waals surface area contributed by atoms with Crippen molar-refractivity contribution in [3.63, 3.8) is 0 Å². The van der Waals surface area contributed by atoms with E-state index < -0.39 is 16.1 Å². The van der Waals surface area contributed by atoms with Crippen LogP contribution in [0.4, 0.5) is 5.69 Å². The third-order valence-electron chi connectivity index (χ3n) is 4.07. The van der Waals surface area contributed by atoms with Crippen molar-refractivity contribution in [2.24, 2.45) is 0 Å². The van der Waals surface area contributed by atoms with Gasteiger partial charge in [0.15, 0.2) is 0 Å². The van der Waals surface area contributed by atoms with Crippen LogP contribution < -0.4 is 9.62 Å². The van der Waals surface area contributed by atoms with Gasteiger partial charge in [-0.05, 0) is 31.9 Å². The van der Waals surface area contributed by atoms with Crippen molar-refractivity contribution in [1.82, 2.24) is 14.9 Å². The van der Waals surface area contributed by atoms with E-state index >= 15 is 0 Å². The molecule has 7 nitrogen and oxygen atoms in total. The van der Waals surface area contributed by atoms with Gasteiger partial charge >= 0.3 is 0 Å². The Balaban J connectivity index is 2.06. The summed E-state index contributed by atoms with van der Waals surface area (Å²) in [4.78, 5) is 16.6. The molecule has 0 fully saturated rings. The fraction of sp³-hybridized carbons (Fsp3) is 0.444. The Morgan fingerprint density at radius 1 is 1.31 bits per heavy atom. The van der Waals surface area contributed by atoms with E-state index in [0.717, 1.165) is 24.8 Å². The summed E-state index contributed by atoms with van der Waals surface area (Å²) >= 11 is 0. The van der Waals surface area contributed by atoms with E-state index in [1.54, 1.807) is 24.7 Å². The number of benzene rings is 1. The van der Waals surface area contributed by atoms with E-state index in [-0.39, 0.29) is 5.91 Å². The first-order chi connectivity index (χ1) is 12.3. The Labute approximate surface area is 155 Å². The number of carbonyl (C=O) groups is 1. The number of amides is 1. The monoisotopic (exact) mass is 378 g/mol. The van der Waals surface area contributed by atoms with Crippen molar-refractivity contribution in [3.05, 3.63) is 48.5 Å². The highest BCUT2D eigenvalue weighted by atomic mass is 32.2. The molecule has 1 aromatic heterocycles. The van der Waals surface area contributed by atoms with Gasteiger partial charge in [0.05, 0.1) is 18.3 Å². The van der Waals surface area contributed by atoms with Crippen molar-refractivity contribution >= 4 is 21.6 Å². The predicted molar refractivity (Wildman–Crippen MR) is 102 cm³/mol. The molecule has 1 aromatic carbocycles. The van der Waals surface area contributed by atoms with Crippen LogP contribution in [0.5, 0.6) is 0 Å². The highest BCUT2D eigenvalue weighted by Crippen LogP contribution is 2.22. The number of anilines is 1. The third kappa shape index (κ3) is 5.32. The topological polar surface area (TPSA) is 84.3 Å². The number of hydrogen-bond donors (Lipinski definition) is 1. The van der Waals surface area contributed by atoms with Crippen LogP contribution in [0.25, 0.3) is 0 Å². The van der Waals surface area contributed by atoms with Crippen LogP contribution in [-0.4, -0.2) is 42.7 Å². The van der Waals surface area contributed by atoms with Gasteiger partial charge < -0.3 is 9.88 Å². The first kappa shape index (κ1) is 20.0. The van der Waals surface area contributed by atoms with Crippen LogP contribution >= 0.6 is 0 Å². The number of aryl methyl sites for hydroxylation is 2. The number of hydrogen-bond acceptors (Lipinski definition) is 4. The zero-order chi connectivity index (χ0) is 19.2. The average molecular weight is 378 g/mol. The minimum Gasteiger partial charge on any atom is -0.354 e. The molecule has 0 unspecified atom stereocenters. The summed E-state index contributed by atoms with van der Waals surface area (Å²) in [7, 11) is -3.59. The van der Waals surface area contributed by atoms with Gasteiger partial charge in [0.1, 0.15) is 6.04 Å². The second kappa shape index (κ2) is 8.84. The standard InChI is InChI=1S/C18H26N4O3S/c1-4-17(18(23)20-10-5-12-21-13-11-19-14-21)22(26(3,24)25)16-8-6-15(2)7-9-16/h6-9,11,13-14,17H,4-5,10,12H2,1-3H3,(H,20,23)/t17-/m1/s1. The molecule has 1 amide bonds. The maximum absolute atomic E-state index is 12.6. The van der Waals surface area contributed by atoms with E-state index in [4.69, 9.17) is 0 Å². The fourth-order valence-corrected chi connectivity index (χ4v) is 3.97. The van der Waals surface area contributed by atoms with E-state index in [0.29, 0.717) is 18.7 Å². The molecule has 0 bridgehead atoms. The molecule has 2 rings (SSSR count). The number of nitrogens with one attached hydrogen (secondary N) is 1. The van der Waals surface area contributed by atoms with Crippen molar-refractivity contribution < 1.29 is 13.2 Å². The lowest BCUT2D eigenvalue weighted by Gasteiger charge is -2.30. The summed E-state index contributed by atoms with van der Waals surface area (Å²) in [5.74, 6) is -0.288. The van der Waals surface area contributed by atoms with Gasteiger partial charge in [-0.25, -0.2) is 13.4 Å². The Morgan fingerprint density at radius 3 is 2.54 bits per heavy atom. The summed E-state index contributed by atoms with van der Waals surface area (Å²) in [6.45, 7) is 4.95. The summed E-state index contributed by atoms with van der Waals surface area (Å²) in [6.07, 6.45) is 7.54. The lowest BCUT2D eigenvalue weighted by atomic mass is 10.1. The molecule has 0 aliphatic heterocycles. The molecular weight excluding hydrogens is 352 g/mol. The van der Waals surface area contributed by atoms with Crippen LogP contribution in [0.3, 0.4) is 0 Å². The molecule has 142 valence electrons. The van der Waals surface area contributed by atoms with Crippen LogP contribution in [0.1, 0.15) is 25.3 Å². The Morgan fingerprint density at radius 2 is 2.00 bits per heavy atom. The molecule has 0 spiro atoms. The van der Waals surface area contributed by atoms with Crippen LogP contribution in [-0.2, 0) is 21.4 Å². The number of carbonyl (C=O) groups excluding carboxylic acids is 1. The molecule has 0 aliphatic rings. The zero-order valence-electron chi connectivity index (χ0n) is 15.4. The minimum atomic E-state index is -3.59. The smallest absolute Gasteiger partial charge is 0.243 e. The van der Waals surface area contributed by atoms with Gasteiger partial charge in [0, 0.05) is 25.5 Å². The van der Waals surface area contributed by atoms with Gasteiger partial charge in [-0.3, -0.25) is 9.10 Å². The zero-order valence-corrected chi connectivity index (χ0v) is 16.2. The first-order valence-corrected chi connectivity index (χ1v) is 10.5. The molecule has 26 heavy (non-hydrogen) atoms. The third-order valence-corrected chi connectivity index (χ3v) is 5.25. The molecule has 0 aliphatic carbocycles. The summed E-state index contributed by atoms with van der Waals surface area (Å²) in [5.41, 5.74) is 1.53. The molecule has 8 heteroatoms. The minimum absolute atomic E-state index is 0.288. The molecule has 1 heterocycles. The highest BCUT2D eigenvalue weighted by Gasteiger charge is 2.31. The summed E-state index contributed by atoms with van der Waals surface area (Å²) < 4.78 is 27.8. The number of sulfonamides is 1. The van der Waals surface area contributed by atoms with Gasteiger partial charge in [-0.2, -0.15) is 0 Å². The molecule has 1 N–H and O–H groups in total. The van der Waals surface area contributed by atoms with Crippen LogP contribution in [0, 0.1) is 6.92 Å². The summed E-state index contributed by atoms with van der Waals surface area (Å²) in [5, 5.41) is 2.85. The van der Waals surface area contributed by atoms with Crippen molar-refractivity contribution in [1.29, 1.82) is 0 Å². The van der Waals surface area contributed by atoms with E-state index in [2.05, 4.69) is 10.3 Å². The van der Waals surface area contributed by atoms with Crippen molar-refractivity contribution in [2.75, 3.05) is 17.1 Å². The Bertz CT molecular complexity index is 801. The molecule has 0 radical (unpaired) electrons. The summed E-state index contributed by atoms with van der Waals surface area (Å²) in [6, 6.07) is 6.35. The lowest BCUT2D eigenvalue weighted by Crippen LogP contribution is -2.49. The molecule has 1 atom stereocenters. The molecule has 0 saturated heterocycles. The fourth-order valence-electron chi connectivity index (χ4n) is 2.76. The maximum atomic E-state index is 12.6. The van der Waals surface area contributed by atoms with E-state index in [1.165, 1.54) is 4.31 Å². The number of imidazole rings is 1.